The first-order valence-corrected chi connectivity index (χ1v) is 8.44. The lowest BCUT2D eigenvalue weighted by Crippen LogP contribution is -2.41. The lowest BCUT2D eigenvalue weighted by atomic mass is 10.2. The van der Waals surface area contributed by atoms with E-state index >= 15 is 0 Å². The first kappa shape index (κ1) is 15.8. The first-order chi connectivity index (χ1) is 9.84. The fraction of sp³-hybridized carbons (Fsp3) is 0.500. The number of carbonyl (C=O) groups is 1. The Kier molecular flexibility index (Phi) is 4.53. The van der Waals surface area contributed by atoms with E-state index in [1.165, 1.54) is 6.92 Å². The predicted octanol–water partition coefficient (Wildman–Crippen LogP) is 1.19. The molecule has 0 radical (unpaired) electrons. The summed E-state index contributed by atoms with van der Waals surface area (Å²) in [7, 11) is -3.60. The molecular formula is C14H20N2O4S. The summed E-state index contributed by atoms with van der Waals surface area (Å²) >= 11 is 0. The molecule has 2 rings (SSSR count). The molecule has 1 aliphatic rings. The van der Waals surface area contributed by atoms with Crippen LogP contribution in [0, 0.1) is 0 Å². The van der Waals surface area contributed by atoms with E-state index in [2.05, 4.69) is 5.32 Å². The zero-order valence-electron chi connectivity index (χ0n) is 12.1. The zero-order chi connectivity index (χ0) is 15.6. The monoisotopic (exact) mass is 312 g/mol. The summed E-state index contributed by atoms with van der Waals surface area (Å²) < 4.78 is 30.3. The summed E-state index contributed by atoms with van der Waals surface area (Å²) in [6.45, 7) is 3.52. The van der Waals surface area contributed by atoms with Gasteiger partial charge in [0.2, 0.25) is 5.91 Å². The third-order valence-corrected chi connectivity index (χ3v) is 6.47. The zero-order valence-corrected chi connectivity index (χ0v) is 12.9. The van der Waals surface area contributed by atoms with Crippen LogP contribution in [0.15, 0.2) is 24.3 Å². The summed E-state index contributed by atoms with van der Waals surface area (Å²) in [5, 5.41) is 0.790. The molecule has 0 aromatic heterocycles. The lowest BCUT2D eigenvalue weighted by Gasteiger charge is -2.20. The number of sulfone groups is 1. The van der Waals surface area contributed by atoms with Gasteiger partial charge in [0.15, 0.2) is 9.84 Å². The molecule has 21 heavy (non-hydrogen) atoms. The maximum atomic E-state index is 12.5. The van der Waals surface area contributed by atoms with Crippen molar-refractivity contribution >= 4 is 27.1 Å². The van der Waals surface area contributed by atoms with Crippen LogP contribution >= 0.6 is 0 Å². The van der Waals surface area contributed by atoms with Crippen molar-refractivity contribution in [1.82, 2.24) is 0 Å². The van der Waals surface area contributed by atoms with Crippen LogP contribution in [0.3, 0.4) is 0 Å². The average Bonchev–Trinajstić information content (AvgIpc) is 2.87. The van der Waals surface area contributed by atoms with E-state index in [1.54, 1.807) is 31.2 Å². The molecular weight excluding hydrogens is 292 g/mol. The Balaban J connectivity index is 2.14. The average molecular weight is 312 g/mol. The number of anilines is 2. The van der Waals surface area contributed by atoms with Crippen molar-refractivity contribution in [2.45, 2.75) is 36.9 Å². The number of hydrogen-bond donors (Lipinski definition) is 2. The summed E-state index contributed by atoms with van der Waals surface area (Å²) in [5.74, 6) is -0.577. The van der Waals surface area contributed by atoms with Gasteiger partial charge in [0, 0.05) is 6.61 Å². The summed E-state index contributed by atoms with van der Waals surface area (Å²) in [4.78, 5) is 12.2. The Hall–Kier alpha value is -1.60. The Morgan fingerprint density at radius 2 is 2.10 bits per heavy atom. The number of nitrogens with two attached hydrogens (primary N) is 1. The van der Waals surface area contributed by atoms with Gasteiger partial charge in [-0.3, -0.25) is 4.79 Å². The molecule has 1 heterocycles. The third-order valence-electron chi connectivity index (χ3n) is 3.81. The van der Waals surface area contributed by atoms with E-state index in [9.17, 15) is 13.2 Å². The molecule has 3 N–H and O–H groups in total. The number of nitrogens with one attached hydrogen (secondary N) is 1. The Bertz CT molecular complexity index is 630. The van der Waals surface area contributed by atoms with E-state index in [0.29, 0.717) is 24.4 Å². The minimum absolute atomic E-state index is 0.382. The van der Waals surface area contributed by atoms with Crippen molar-refractivity contribution < 1.29 is 17.9 Å². The number of amides is 1. The molecule has 1 aliphatic heterocycles. The van der Waals surface area contributed by atoms with Crippen molar-refractivity contribution in [2.75, 3.05) is 17.7 Å². The predicted molar refractivity (Wildman–Crippen MR) is 81.7 cm³/mol. The molecule has 1 aromatic rings. The fourth-order valence-corrected chi connectivity index (χ4v) is 4.32. The van der Waals surface area contributed by atoms with Gasteiger partial charge in [0.1, 0.15) is 5.25 Å². The van der Waals surface area contributed by atoms with E-state index in [0.717, 1.165) is 0 Å². The summed E-state index contributed by atoms with van der Waals surface area (Å²) in [6.07, 6.45) is 0.0428. The van der Waals surface area contributed by atoms with E-state index < -0.39 is 26.2 Å². The first-order valence-electron chi connectivity index (χ1n) is 6.83. The van der Waals surface area contributed by atoms with Crippen LogP contribution in [-0.2, 0) is 19.4 Å². The van der Waals surface area contributed by atoms with Crippen LogP contribution in [0.5, 0.6) is 0 Å². The van der Waals surface area contributed by atoms with Crippen molar-refractivity contribution in [3.8, 4) is 0 Å². The van der Waals surface area contributed by atoms with Crippen molar-refractivity contribution in [2.24, 2.45) is 0 Å². The van der Waals surface area contributed by atoms with E-state index in [-0.39, 0.29) is 6.10 Å². The number of benzene rings is 1. The van der Waals surface area contributed by atoms with Gasteiger partial charge in [0.05, 0.1) is 22.7 Å². The van der Waals surface area contributed by atoms with Gasteiger partial charge in [0.25, 0.3) is 0 Å². The highest BCUT2D eigenvalue weighted by atomic mass is 32.2. The minimum atomic E-state index is -3.60. The van der Waals surface area contributed by atoms with Crippen LogP contribution in [0.2, 0.25) is 0 Å². The SMILES string of the molecule is CC1OCCC1S(=O)(=O)C(C)C(=O)Nc1ccccc1N. The molecule has 6 nitrogen and oxygen atoms in total. The molecule has 1 fully saturated rings. The van der Waals surface area contributed by atoms with Crippen LogP contribution in [0.25, 0.3) is 0 Å². The van der Waals surface area contributed by atoms with Gasteiger partial charge in [-0.1, -0.05) is 12.1 Å². The van der Waals surface area contributed by atoms with Gasteiger partial charge in [-0.25, -0.2) is 8.42 Å². The van der Waals surface area contributed by atoms with Gasteiger partial charge >= 0.3 is 0 Å². The fourth-order valence-electron chi connectivity index (χ4n) is 2.40. The minimum Gasteiger partial charge on any atom is -0.397 e. The van der Waals surface area contributed by atoms with Crippen LogP contribution in [0.4, 0.5) is 11.4 Å². The van der Waals surface area contributed by atoms with Crippen molar-refractivity contribution in [3.05, 3.63) is 24.3 Å². The van der Waals surface area contributed by atoms with Gasteiger partial charge in [-0.15, -0.1) is 0 Å². The highest BCUT2D eigenvalue weighted by molar-refractivity contribution is 7.93. The van der Waals surface area contributed by atoms with Gasteiger partial charge < -0.3 is 15.8 Å². The second-order valence-corrected chi connectivity index (χ2v) is 7.70. The Morgan fingerprint density at radius 3 is 2.67 bits per heavy atom. The second kappa shape index (κ2) is 6.03. The largest absolute Gasteiger partial charge is 0.397 e. The second-order valence-electron chi connectivity index (χ2n) is 5.21. The molecule has 3 atom stereocenters. The highest BCUT2D eigenvalue weighted by Crippen LogP contribution is 2.25. The molecule has 1 amide bonds. The molecule has 0 saturated carbocycles. The summed E-state index contributed by atoms with van der Waals surface area (Å²) in [6, 6.07) is 6.73. The Morgan fingerprint density at radius 1 is 1.43 bits per heavy atom. The Labute approximate surface area is 124 Å². The topological polar surface area (TPSA) is 98.5 Å². The molecule has 1 aromatic carbocycles. The lowest BCUT2D eigenvalue weighted by molar-refractivity contribution is -0.115. The molecule has 116 valence electrons. The summed E-state index contributed by atoms with van der Waals surface area (Å²) in [5.41, 5.74) is 6.55. The number of para-hydroxylation sites is 2. The van der Waals surface area contributed by atoms with Crippen LogP contribution in [-0.4, -0.2) is 37.5 Å². The molecule has 0 bridgehead atoms. The molecule has 3 unspecified atom stereocenters. The number of hydrogen-bond acceptors (Lipinski definition) is 5. The smallest absolute Gasteiger partial charge is 0.242 e. The number of carbonyl (C=O) groups excluding carboxylic acids is 1. The molecule has 0 spiro atoms. The molecule has 1 saturated heterocycles. The number of rotatable bonds is 4. The number of ether oxygens (including phenoxy) is 1. The maximum Gasteiger partial charge on any atom is 0.242 e. The van der Waals surface area contributed by atoms with Gasteiger partial charge in [-0.05, 0) is 32.4 Å². The van der Waals surface area contributed by atoms with Crippen LogP contribution < -0.4 is 11.1 Å². The van der Waals surface area contributed by atoms with Crippen molar-refractivity contribution in [3.63, 3.8) is 0 Å². The highest BCUT2D eigenvalue weighted by Gasteiger charge is 2.41. The third kappa shape index (κ3) is 3.19. The standard InChI is InChI=1S/C14H20N2O4S/c1-9-13(7-8-20-9)21(18,19)10(2)14(17)16-12-6-4-3-5-11(12)15/h3-6,9-10,13H,7-8,15H2,1-2H3,(H,16,17). The molecule has 7 heteroatoms. The number of nitrogen functional groups attached to an aromatic ring is 1. The molecule has 0 aliphatic carbocycles. The normalized spacial score (nSPS) is 23.7. The van der Waals surface area contributed by atoms with Crippen molar-refractivity contribution in [1.29, 1.82) is 0 Å². The van der Waals surface area contributed by atoms with Gasteiger partial charge in [-0.2, -0.15) is 0 Å². The quantitative estimate of drug-likeness (QED) is 0.814. The van der Waals surface area contributed by atoms with E-state index in [4.69, 9.17) is 10.5 Å². The van der Waals surface area contributed by atoms with E-state index in [1.807, 2.05) is 0 Å². The van der Waals surface area contributed by atoms with Crippen LogP contribution in [0.1, 0.15) is 20.3 Å². The maximum absolute atomic E-state index is 12.5.